The van der Waals surface area contributed by atoms with Gasteiger partial charge in [-0.3, -0.25) is 29.0 Å². The average Bonchev–Trinajstić information content (AvgIpc) is 1.57. The first-order valence-electron chi connectivity index (χ1n) is 34.9. The zero-order valence-electron chi connectivity index (χ0n) is 55.0. The van der Waals surface area contributed by atoms with Crippen molar-refractivity contribution in [3.63, 3.8) is 0 Å². The summed E-state index contributed by atoms with van der Waals surface area (Å²) >= 11 is 10.7. The third-order valence-corrected chi connectivity index (χ3v) is 33.0. The van der Waals surface area contributed by atoms with E-state index in [1.807, 2.05) is 22.7 Å². The Hall–Kier alpha value is -3.30. The number of hydrogen-bond acceptors (Lipinski definition) is 10. The SMILES string of the molecule is CCCCCCCCN1C(=O)c2c(-c3cc(CCCCCC)c(-c4sc(-c5sc(C)cc5CCCCCC)c5c4C(=O)N(CCCCCCCC)C5=O)s3)sc(-c3cc4c(s3)-c3sc(C)cc3[Si]4(CC(CC)CCCC)CC(CC)CCCC)c2C1=O. The fraction of sp³-hybridized carbons (Fsp3) is 0.622. The van der Waals surface area contributed by atoms with Gasteiger partial charge >= 0.3 is 0 Å². The number of carbonyl (C=O) groups excluding carboxylic acids is 4. The van der Waals surface area contributed by atoms with Crippen LogP contribution in [0.25, 0.3) is 48.8 Å². The minimum atomic E-state index is -2.31. The molecule has 0 saturated heterocycles. The quantitative estimate of drug-likeness (QED) is 0.0218. The van der Waals surface area contributed by atoms with E-state index in [1.54, 1.807) is 65.5 Å². The van der Waals surface area contributed by atoms with Crippen LogP contribution in [0.3, 0.4) is 0 Å². The summed E-state index contributed by atoms with van der Waals surface area (Å²) in [5, 5.41) is 3.28. The van der Waals surface area contributed by atoms with Crippen LogP contribution in [0.5, 0.6) is 0 Å². The van der Waals surface area contributed by atoms with Gasteiger partial charge in [-0.05, 0) is 122 Å². The Morgan fingerprint density at radius 2 is 0.713 bits per heavy atom. The minimum absolute atomic E-state index is 0.134. The number of amides is 4. The molecule has 0 aliphatic carbocycles. The Morgan fingerprint density at radius 1 is 0.356 bits per heavy atom. The molecule has 3 aliphatic rings. The maximum atomic E-state index is 15.5. The lowest BCUT2D eigenvalue weighted by atomic mass is 10.0. The number of rotatable bonds is 40. The van der Waals surface area contributed by atoms with Crippen LogP contribution < -0.4 is 10.4 Å². The number of aryl methyl sites for hydroxylation is 4. The lowest BCUT2D eigenvalue weighted by Crippen LogP contribution is -2.56. The molecule has 6 nitrogen and oxygen atoms in total. The number of unbranched alkanes of at least 4 members (excludes halogenated alkanes) is 18. The molecule has 0 aromatic carbocycles. The van der Waals surface area contributed by atoms with Crippen molar-refractivity contribution < 1.29 is 19.2 Å². The van der Waals surface area contributed by atoms with Crippen molar-refractivity contribution in [2.45, 2.75) is 274 Å². The highest BCUT2D eigenvalue weighted by Gasteiger charge is 2.51. The molecule has 13 heteroatoms. The number of imide groups is 2. The first-order valence-corrected chi connectivity index (χ1v) is 42.2. The Kier molecular flexibility index (Phi) is 25.3. The Morgan fingerprint density at radius 3 is 1.20 bits per heavy atom. The van der Waals surface area contributed by atoms with Crippen LogP contribution in [0.15, 0.2) is 24.3 Å². The Labute approximate surface area is 549 Å². The molecule has 4 amide bonds. The molecule has 0 spiro atoms. The van der Waals surface area contributed by atoms with Crippen LogP contribution in [0.2, 0.25) is 12.1 Å². The molecule has 2 unspecified atom stereocenters. The minimum Gasteiger partial charge on any atom is -0.274 e. The van der Waals surface area contributed by atoms with Crippen molar-refractivity contribution in [1.29, 1.82) is 0 Å². The third-order valence-electron chi connectivity index (χ3n) is 19.5. The van der Waals surface area contributed by atoms with Gasteiger partial charge in [-0.2, -0.15) is 0 Å². The van der Waals surface area contributed by atoms with Gasteiger partial charge in [0.1, 0.15) is 8.07 Å². The second kappa shape index (κ2) is 32.3. The van der Waals surface area contributed by atoms with Gasteiger partial charge < -0.3 is 0 Å². The molecular formula is C74H104N2O4S6Si. The zero-order valence-corrected chi connectivity index (χ0v) is 60.9. The normalized spacial score (nSPS) is 16.1. The molecule has 87 heavy (non-hydrogen) atoms. The largest absolute Gasteiger partial charge is 0.274 e. The van der Waals surface area contributed by atoms with E-state index in [-0.39, 0.29) is 23.6 Å². The van der Waals surface area contributed by atoms with Crippen LogP contribution in [-0.4, -0.2) is 54.6 Å². The highest BCUT2D eigenvalue weighted by atomic mass is 32.1. The van der Waals surface area contributed by atoms with E-state index >= 15 is 19.2 Å². The second-order valence-electron chi connectivity index (χ2n) is 26.2. The van der Waals surface area contributed by atoms with E-state index in [4.69, 9.17) is 0 Å². The molecule has 474 valence electrons. The van der Waals surface area contributed by atoms with Crippen LogP contribution >= 0.6 is 68.0 Å². The molecule has 0 fully saturated rings. The smallest absolute Gasteiger partial charge is 0.263 e. The standard InChI is InChI=1S/C74H104N2O4S6Si/c1-11-19-25-29-31-35-41-75-71(77)59-60(72(75)78)66(56-46-58-68(84-56)67-57(44-50(10)82-67)87(58,47-51(17-7)37-23-15-5)48-52(18-8)38-24-16-6)85-65(59)55-45-54(40-34-28-22-14-4)64(83-55)70-62-61(73(79)76(74(62)80)42-36-32-30-26-20-12-2)69(86-70)63-53(43-49(9)81-63)39-33-27-21-13-3/h43-46,51-52H,11-42,47-48H2,1-10H3. The first-order chi connectivity index (χ1) is 42.3. The van der Waals surface area contributed by atoms with Gasteiger partial charge in [0.2, 0.25) is 0 Å². The van der Waals surface area contributed by atoms with Crippen molar-refractivity contribution in [2.24, 2.45) is 11.8 Å². The van der Waals surface area contributed by atoms with Crippen molar-refractivity contribution in [3.8, 4) is 48.8 Å². The Bertz CT molecular complexity index is 3270. The van der Waals surface area contributed by atoms with Gasteiger partial charge in [-0.15, -0.1) is 68.0 Å². The summed E-state index contributed by atoms with van der Waals surface area (Å²) in [6, 6.07) is 12.4. The highest BCUT2D eigenvalue weighted by molar-refractivity contribution is 7.33. The van der Waals surface area contributed by atoms with Crippen LogP contribution in [0, 0.1) is 25.7 Å². The molecule has 0 bridgehead atoms. The Balaban J connectivity index is 1.21. The van der Waals surface area contributed by atoms with Gasteiger partial charge in [0.25, 0.3) is 23.6 Å². The lowest BCUT2D eigenvalue weighted by molar-refractivity contribution is 0.0636. The summed E-state index contributed by atoms with van der Waals surface area (Å²) in [4.78, 5) is 78.1. The van der Waals surface area contributed by atoms with Gasteiger partial charge in [0.15, 0.2) is 0 Å². The van der Waals surface area contributed by atoms with Crippen molar-refractivity contribution in [1.82, 2.24) is 9.80 Å². The topological polar surface area (TPSA) is 74.8 Å². The monoisotopic (exact) mass is 1300 g/mol. The summed E-state index contributed by atoms with van der Waals surface area (Å²) in [6.07, 6.45) is 33.7. The van der Waals surface area contributed by atoms with E-state index in [0.29, 0.717) is 47.2 Å². The summed E-state index contributed by atoms with van der Waals surface area (Å²) in [5.74, 6) is 0.755. The van der Waals surface area contributed by atoms with Crippen molar-refractivity contribution >= 4 is 110 Å². The van der Waals surface area contributed by atoms with Crippen LogP contribution in [-0.2, 0) is 12.8 Å². The van der Waals surface area contributed by atoms with E-state index in [1.165, 1.54) is 152 Å². The average molecular weight is 1310 g/mol. The van der Waals surface area contributed by atoms with E-state index < -0.39 is 8.07 Å². The molecule has 6 aromatic heterocycles. The number of thiophene rings is 6. The number of fused-ring (bicyclic) bond motifs is 5. The van der Waals surface area contributed by atoms with Gasteiger partial charge in [-0.25, -0.2) is 0 Å². The van der Waals surface area contributed by atoms with Crippen molar-refractivity contribution in [3.05, 3.63) is 67.4 Å². The third kappa shape index (κ3) is 14.8. The molecule has 0 N–H and O–H groups in total. The van der Waals surface area contributed by atoms with Crippen molar-refractivity contribution in [2.75, 3.05) is 13.1 Å². The fourth-order valence-electron chi connectivity index (χ4n) is 14.5. The predicted octanol–water partition coefficient (Wildman–Crippen LogP) is 23.5. The number of hydrogen-bond donors (Lipinski definition) is 0. The maximum absolute atomic E-state index is 15.5. The molecule has 0 saturated carbocycles. The van der Waals surface area contributed by atoms with E-state index in [2.05, 4.69) is 93.5 Å². The molecular weight excluding hydrogens is 1200 g/mol. The summed E-state index contributed by atoms with van der Waals surface area (Å²) in [6.45, 7) is 23.9. The summed E-state index contributed by atoms with van der Waals surface area (Å²) in [7, 11) is -2.31. The fourth-order valence-corrected chi connectivity index (χ4v) is 30.3. The molecule has 2 atom stereocenters. The molecule has 3 aliphatic heterocycles. The number of nitrogens with zero attached hydrogens (tertiary/aromatic N) is 2. The molecule has 9 rings (SSSR count). The van der Waals surface area contributed by atoms with Gasteiger partial charge in [-0.1, -0.05) is 209 Å². The van der Waals surface area contributed by atoms with Gasteiger partial charge in [0.05, 0.1) is 41.8 Å². The maximum Gasteiger partial charge on any atom is 0.263 e. The van der Waals surface area contributed by atoms with E-state index in [9.17, 15) is 0 Å². The van der Waals surface area contributed by atoms with Crippen LogP contribution in [0.1, 0.15) is 297 Å². The summed E-state index contributed by atoms with van der Waals surface area (Å²) < 4.78 is 0. The highest BCUT2D eigenvalue weighted by Crippen LogP contribution is 2.57. The van der Waals surface area contributed by atoms with Crippen LogP contribution in [0.4, 0.5) is 0 Å². The second-order valence-corrected chi connectivity index (χ2v) is 36.9. The lowest BCUT2D eigenvalue weighted by Gasteiger charge is -2.35. The molecule has 9 heterocycles. The van der Waals surface area contributed by atoms with E-state index in [0.717, 1.165) is 122 Å². The zero-order chi connectivity index (χ0) is 61.8. The van der Waals surface area contributed by atoms with Gasteiger partial charge in [0, 0.05) is 52.1 Å². The summed E-state index contributed by atoms with van der Waals surface area (Å²) in [5.41, 5.74) is 4.82. The molecule has 0 radical (unpaired) electrons. The molecule has 6 aromatic rings. The first kappa shape index (κ1) is 68.1. The number of carbonyl (C=O) groups is 4. The predicted molar refractivity (Wildman–Crippen MR) is 385 cm³/mol.